The fraction of sp³-hybridized carbons (Fsp3) is 0.214. The number of nitrogens with one attached hydrogen (secondary N) is 1. The Kier molecular flexibility index (Phi) is 6.14. The summed E-state index contributed by atoms with van der Waals surface area (Å²) in [5.41, 5.74) is 0.718. The van der Waals surface area contributed by atoms with Crippen molar-refractivity contribution >= 4 is 50.7 Å². The third-order valence-corrected chi connectivity index (χ3v) is 4.46. The van der Waals surface area contributed by atoms with E-state index in [4.69, 9.17) is 39.5 Å². The van der Waals surface area contributed by atoms with Gasteiger partial charge in [-0.05, 0) is 34.6 Å². The van der Waals surface area contributed by atoms with Crippen LogP contribution in [0.2, 0.25) is 15.1 Å². The maximum absolute atomic E-state index is 6.13. The van der Waals surface area contributed by atoms with E-state index in [0.717, 1.165) is 12.2 Å². The van der Waals surface area contributed by atoms with Gasteiger partial charge in [-0.3, -0.25) is 0 Å². The van der Waals surface area contributed by atoms with Gasteiger partial charge in [0.15, 0.2) is 0 Å². The van der Waals surface area contributed by atoms with Crippen molar-refractivity contribution < 1.29 is 4.74 Å². The maximum atomic E-state index is 6.13. The molecule has 0 aliphatic carbocycles. The number of ether oxygens (including phenoxy) is 1. The van der Waals surface area contributed by atoms with Gasteiger partial charge >= 0.3 is 0 Å². The molecule has 0 amide bonds. The number of rotatable bonds is 5. The first-order valence-electron chi connectivity index (χ1n) is 6.19. The van der Waals surface area contributed by atoms with E-state index < -0.39 is 0 Å². The molecule has 2 rings (SSSR count). The van der Waals surface area contributed by atoms with Crippen molar-refractivity contribution in [2.24, 2.45) is 0 Å². The van der Waals surface area contributed by atoms with E-state index in [0.29, 0.717) is 37.7 Å². The van der Waals surface area contributed by atoms with Crippen LogP contribution in [0.5, 0.6) is 11.6 Å². The van der Waals surface area contributed by atoms with E-state index in [1.807, 2.05) is 6.92 Å². The lowest BCUT2D eigenvalue weighted by atomic mass is 10.3. The fourth-order valence-corrected chi connectivity index (χ4v) is 2.59. The highest BCUT2D eigenvalue weighted by Crippen LogP contribution is 2.36. The molecule has 2 aromatic rings. The number of pyridine rings is 1. The highest BCUT2D eigenvalue weighted by Gasteiger charge is 2.10. The molecule has 112 valence electrons. The molecule has 1 aromatic heterocycles. The quantitative estimate of drug-likeness (QED) is 0.642. The smallest absolute Gasteiger partial charge is 0.219 e. The summed E-state index contributed by atoms with van der Waals surface area (Å²) in [6.45, 7) is 3.41. The summed E-state index contributed by atoms with van der Waals surface area (Å²) in [5, 5.41) is 4.71. The molecule has 1 heterocycles. The molecule has 0 unspecified atom stereocenters. The third kappa shape index (κ3) is 4.47. The summed E-state index contributed by atoms with van der Waals surface area (Å²) in [7, 11) is 0. The Morgan fingerprint density at radius 3 is 2.62 bits per heavy atom. The van der Waals surface area contributed by atoms with Gasteiger partial charge in [-0.25, -0.2) is 4.98 Å². The minimum Gasteiger partial charge on any atom is -0.437 e. The summed E-state index contributed by atoms with van der Waals surface area (Å²) in [6.07, 6.45) is 0. The van der Waals surface area contributed by atoms with Crippen molar-refractivity contribution in [3.63, 3.8) is 0 Å². The summed E-state index contributed by atoms with van der Waals surface area (Å²) in [5.74, 6) is 0.849. The second-order valence-corrected chi connectivity index (χ2v) is 6.23. The third-order valence-electron chi connectivity index (χ3n) is 2.62. The molecule has 0 radical (unpaired) electrons. The fourth-order valence-electron chi connectivity index (χ4n) is 1.58. The second kappa shape index (κ2) is 7.65. The minimum atomic E-state index is 0.410. The van der Waals surface area contributed by atoms with Crippen molar-refractivity contribution in [2.45, 2.75) is 13.5 Å². The van der Waals surface area contributed by atoms with Gasteiger partial charge in [0.1, 0.15) is 5.75 Å². The van der Waals surface area contributed by atoms with Crippen molar-refractivity contribution in [1.29, 1.82) is 0 Å². The molecule has 0 aliphatic rings. The van der Waals surface area contributed by atoms with Crippen molar-refractivity contribution in [3.05, 3.63) is 49.5 Å². The Morgan fingerprint density at radius 2 is 1.90 bits per heavy atom. The molecular weight excluding hydrogens is 398 g/mol. The van der Waals surface area contributed by atoms with Crippen LogP contribution < -0.4 is 10.1 Å². The molecule has 3 nitrogen and oxygen atoms in total. The Bertz CT molecular complexity index is 652. The molecule has 0 bridgehead atoms. The zero-order valence-electron chi connectivity index (χ0n) is 11.1. The predicted octanol–water partition coefficient (Wildman–Crippen LogP) is 5.71. The summed E-state index contributed by atoms with van der Waals surface area (Å²) in [6, 6.07) is 6.73. The summed E-state index contributed by atoms with van der Waals surface area (Å²) >= 11 is 21.6. The molecule has 0 saturated carbocycles. The Labute approximate surface area is 146 Å². The first kappa shape index (κ1) is 16.8. The topological polar surface area (TPSA) is 34.2 Å². The monoisotopic (exact) mass is 408 g/mol. The number of hydrogen-bond acceptors (Lipinski definition) is 3. The van der Waals surface area contributed by atoms with E-state index in [-0.39, 0.29) is 0 Å². The lowest BCUT2D eigenvalue weighted by molar-refractivity contribution is 0.460. The van der Waals surface area contributed by atoms with Crippen LogP contribution in [0, 0.1) is 0 Å². The molecular formula is C14H12BrCl3N2O. The molecule has 1 aromatic carbocycles. The molecule has 1 N–H and O–H groups in total. The maximum Gasteiger partial charge on any atom is 0.219 e. The summed E-state index contributed by atoms with van der Waals surface area (Å²) < 4.78 is 6.39. The Balaban J connectivity index is 2.25. The number of aromatic nitrogens is 1. The number of halogens is 4. The highest BCUT2D eigenvalue weighted by atomic mass is 79.9. The average Bonchev–Trinajstić information content (AvgIpc) is 2.45. The molecule has 0 atom stereocenters. The van der Waals surface area contributed by atoms with Crippen LogP contribution in [0.1, 0.15) is 12.6 Å². The van der Waals surface area contributed by atoms with Crippen LogP contribution in [-0.4, -0.2) is 11.5 Å². The zero-order chi connectivity index (χ0) is 15.4. The summed E-state index contributed by atoms with van der Waals surface area (Å²) in [4.78, 5) is 4.37. The first-order chi connectivity index (χ1) is 10.0. The van der Waals surface area contributed by atoms with Gasteiger partial charge in [-0.15, -0.1) is 0 Å². The Hall–Kier alpha value is -0.520. The average molecular weight is 411 g/mol. The van der Waals surface area contributed by atoms with Gasteiger partial charge < -0.3 is 10.1 Å². The van der Waals surface area contributed by atoms with Gasteiger partial charge in [0, 0.05) is 23.2 Å². The number of nitrogens with zero attached hydrogens (tertiary/aromatic N) is 1. The van der Waals surface area contributed by atoms with Crippen molar-refractivity contribution in [1.82, 2.24) is 10.3 Å². The minimum absolute atomic E-state index is 0.410. The predicted molar refractivity (Wildman–Crippen MR) is 90.9 cm³/mol. The van der Waals surface area contributed by atoms with Gasteiger partial charge in [0.05, 0.1) is 20.8 Å². The molecule has 0 fully saturated rings. The van der Waals surface area contributed by atoms with Crippen LogP contribution in [0.15, 0.2) is 28.7 Å². The second-order valence-electron chi connectivity index (χ2n) is 4.16. The van der Waals surface area contributed by atoms with E-state index in [2.05, 4.69) is 26.2 Å². The van der Waals surface area contributed by atoms with Crippen LogP contribution >= 0.6 is 50.7 Å². The van der Waals surface area contributed by atoms with E-state index >= 15 is 0 Å². The lowest BCUT2D eigenvalue weighted by Gasteiger charge is -2.10. The molecule has 7 heteroatoms. The molecule has 0 spiro atoms. The molecule has 0 aliphatic heterocycles. The number of benzene rings is 1. The van der Waals surface area contributed by atoms with Crippen LogP contribution in [0.3, 0.4) is 0 Å². The van der Waals surface area contributed by atoms with E-state index in [1.165, 1.54) is 0 Å². The van der Waals surface area contributed by atoms with Gasteiger partial charge in [-0.1, -0.05) is 41.7 Å². The largest absolute Gasteiger partial charge is 0.437 e. The molecule has 21 heavy (non-hydrogen) atoms. The van der Waals surface area contributed by atoms with E-state index in [1.54, 1.807) is 24.3 Å². The standard InChI is InChI=1S/C14H12BrCl3N2O/c1-2-19-7-12-9(16)3-4-14(20-12)21-13-6-10(17)8(15)5-11(13)18/h3-6,19H,2,7H2,1H3. The SMILES string of the molecule is CCNCc1nc(Oc2cc(Cl)c(Br)cc2Cl)ccc1Cl. The van der Waals surface area contributed by atoms with Crippen LogP contribution in [0.4, 0.5) is 0 Å². The normalized spacial score (nSPS) is 10.7. The van der Waals surface area contributed by atoms with Crippen LogP contribution in [-0.2, 0) is 6.54 Å². The van der Waals surface area contributed by atoms with Crippen molar-refractivity contribution in [2.75, 3.05) is 6.54 Å². The van der Waals surface area contributed by atoms with Gasteiger partial charge in [-0.2, -0.15) is 0 Å². The van der Waals surface area contributed by atoms with Gasteiger partial charge in [0.2, 0.25) is 5.88 Å². The first-order valence-corrected chi connectivity index (χ1v) is 8.12. The van der Waals surface area contributed by atoms with Crippen molar-refractivity contribution in [3.8, 4) is 11.6 Å². The zero-order valence-corrected chi connectivity index (χ0v) is 14.9. The van der Waals surface area contributed by atoms with Crippen LogP contribution in [0.25, 0.3) is 0 Å². The number of hydrogen-bond donors (Lipinski definition) is 1. The highest BCUT2D eigenvalue weighted by molar-refractivity contribution is 9.10. The van der Waals surface area contributed by atoms with E-state index in [9.17, 15) is 0 Å². The molecule has 0 saturated heterocycles. The Morgan fingerprint density at radius 1 is 1.14 bits per heavy atom. The lowest BCUT2D eigenvalue weighted by Crippen LogP contribution is -2.13. The van der Waals surface area contributed by atoms with Gasteiger partial charge in [0.25, 0.3) is 0 Å².